The summed E-state index contributed by atoms with van der Waals surface area (Å²) in [5.74, 6) is -1.01. The summed E-state index contributed by atoms with van der Waals surface area (Å²) in [5, 5.41) is 22.4. The van der Waals surface area contributed by atoms with Gasteiger partial charge in [-0.3, -0.25) is 0 Å². The molecule has 1 aromatic heterocycles. The molecule has 6 nitrogen and oxygen atoms in total. The van der Waals surface area contributed by atoms with Crippen LogP contribution in [0.2, 0.25) is 0 Å². The normalized spacial score (nSPS) is 12.1. The molecule has 0 radical (unpaired) electrons. The number of aromatic carboxylic acids is 1. The zero-order valence-corrected chi connectivity index (χ0v) is 10.4. The van der Waals surface area contributed by atoms with Crippen molar-refractivity contribution in [3.05, 3.63) is 42.1 Å². The zero-order valence-electron chi connectivity index (χ0n) is 10.4. The second-order valence-corrected chi connectivity index (χ2v) is 4.08. The maximum atomic E-state index is 11.1. The predicted molar refractivity (Wildman–Crippen MR) is 67.7 cm³/mol. The van der Waals surface area contributed by atoms with Crippen molar-refractivity contribution < 1.29 is 19.7 Å². The molecule has 0 aliphatic heterocycles. The van der Waals surface area contributed by atoms with Gasteiger partial charge in [-0.15, -0.1) is 0 Å². The number of nitrogens with zero attached hydrogens (tertiary/aromatic N) is 2. The lowest BCUT2D eigenvalue weighted by molar-refractivity contribution is 0.0684. The minimum absolute atomic E-state index is 0.00118. The molecule has 0 spiro atoms. The van der Waals surface area contributed by atoms with Crippen molar-refractivity contribution in [2.45, 2.75) is 13.0 Å². The van der Waals surface area contributed by atoms with Crippen LogP contribution >= 0.6 is 0 Å². The van der Waals surface area contributed by atoms with Gasteiger partial charge in [0.15, 0.2) is 0 Å². The van der Waals surface area contributed by atoms with Crippen LogP contribution in [0.3, 0.4) is 0 Å². The smallest absolute Gasteiger partial charge is 0.342 e. The number of hydrogen-bond acceptors (Lipinski definition) is 4. The van der Waals surface area contributed by atoms with Crippen LogP contribution in [0.5, 0.6) is 5.88 Å². The summed E-state index contributed by atoms with van der Waals surface area (Å²) in [4.78, 5) is 11.1. The lowest BCUT2D eigenvalue weighted by atomic mass is 10.3. The first-order valence-corrected chi connectivity index (χ1v) is 5.77. The van der Waals surface area contributed by atoms with E-state index in [-0.39, 0.29) is 18.1 Å². The molecular weight excluding hydrogens is 248 g/mol. The topological polar surface area (TPSA) is 84.6 Å². The van der Waals surface area contributed by atoms with Crippen LogP contribution in [0.1, 0.15) is 17.3 Å². The van der Waals surface area contributed by atoms with Gasteiger partial charge in [-0.05, 0) is 19.1 Å². The quantitative estimate of drug-likeness (QED) is 0.849. The maximum Gasteiger partial charge on any atom is 0.342 e. The second-order valence-electron chi connectivity index (χ2n) is 4.08. The average Bonchev–Trinajstić information content (AvgIpc) is 2.81. The molecule has 2 aromatic rings. The van der Waals surface area contributed by atoms with Gasteiger partial charge in [-0.1, -0.05) is 18.2 Å². The molecule has 0 aliphatic rings. The second kappa shape index (κ2) is 5.53. The number of aliphatic hydroxyl groups is 1. The number of benzene rings is 1. The summed E-state index contributed by atoms with van der Waals surface area (Å²) in [7, 11) is 0. The number of carbonyl (C=O) groups is 1. The maximum absolute atomic E-state index is 11.1. The first-order valence-electron chi connectivity index (χ1n) is 5.77. The Morgan fingerprint density at radius 1 is 1.42 bits per heavy atom. The highest BCUT2D eigenvalue weighted by Gasteiger charge is 2.19. The average molecular weight is 262 g/mol. The van der Waals surface area contributed by atoms with E-state index in [1.165, 1.54) is 10.9 Å². The van der Waals surface area contributed by atoms with E-state index in [4.69, 9.17) is 9.84 Å². The summed E-state index contributed by atoms with van der Waals surface area (Å²) in [5.41, 5.74) is 0.653. The van der Waals surface area contributed by atoms with Gasteiger partial charge in [0, 0.05) is 0 Å². The third-order valence-corrected chi connectivity index (χ3v) is 2.42. The Morgan fingerprint density at radius 3 is 2.68 bits per heavy atom. The molecule has 100 valence electrons. The molecule has 0 fully saturated rings. The Bertz CT molecular complexity index is 563. The monoisotopic (exact) mass is 262 g/mol. The Kier molecular flexibility index (Phi) is 3.82. The van der Waals surface area contributed by atoms with Crippen molar-refractivity contribution in [2.24, 2.45) is 0 Å². The molecule has 0 saturated carbocycles. The van der Waals surface area contributed by atoms with E-state index in [9.17, 15) is 9.90 Å². The Morgan fingerprint density at radius 2 is 2.11 bits per heavy atom. The summed E-state index contributed by atoms with van der Waals surface area (Å²) < 4.78 is 6.75. The molecule has 1 heterocycles. The van der Waals surface area contributed by atoms with E-state index in [1.807, 2.05) is 18.2 Å². The van der Waals surface area contributed by atoms with Gasteiger partial charge >= 0.3 is 5.97 Å². The first kappa shape index (κ1) is 13.1. The van der Waals surface area contributed by atoms with Crippen LogP contribution in [0.4, 0.5) is 0 Å². The number of aliphatic hydroxyl groups excluding tert-OH is 1. The number of ether oxygens (including phenoxy) is 1. The number of carboxylic acids is 1. The van der Waals surface area contributed by atoms with Crippen LogP contribution in [-0.4, -0.2) is 38.7 Å². The van der Waals surface area contributed by atoms with Crippen LogP contribution in [-0.2, 0) is 0 Å². The Balaban J connectivity index is 2.41. The molecule has 1 aromatic carbocycles. The molecule has 0 saturated heterocycles. The van der Waals surface area contributed by atoms with E-state index >= 15 is 0 Å². The standard InChI is InChI=1S/C13H14N2O4/c1-9(16)8-19-12-11(13(17)18)7-14-15(12)10-5-3-2-4-6-10/h2-7,9,16H,8H2,1H3,(H,17,18). The van der Waals surface area contributed by atoms with Crippen LogP contribution in [0.15, 0.2) is 36.5 Å². The minimum atomic E-state index is -1.12. The van der Waals surface area contributed by atoms with Gasteiger partial charge in [-0.2, -0.15) is 5.10 Å². The molecule has 0 amide bonds. The van der Waals surface area contributed by atoms with Gasteiger partial charge in [0.25, 0.3) is 0 Å². The van der Waals surface area contributed by atoms with Crippen LogP contribution < -0.4 is 4.74 Å². The highest BCUT2D eigenvalue weighted by molar-refractivity contribution is 5.90. The van der Waals surface area contributed by atoms with E-state index in [2.05, 4.69) is 5.10 Å². The third kappa shape index (κ3) is 2.92. The van der Waals surface area contributed by atoms with Crippen LogP contribution in [0.25, 0.3) is 5.69 Å². The van der Waals surface area contributed by atoms with Gasteiger partial charge in [0.1, 0.15) is 12.2 Å². The van der Waals surface area contributed by atoms with E-state index in [0.29, 0.717) is 5.69 Å². The fourth-order valence-electron chi connectivity index (χ4n) is 1.58. The van der Waals surface area contributed by atoms with Crippen molar-refractivity contribution >= 4 is 5.97 Å². The van der Waals surface area contributed by atoms with Crippen LogP contribution in [0, 0.1) is 0 Å². The van der Waals surface area contributed by atoms with Gasteiger partial charge in [0.05, 0.1) is 18.0 Å². The molecular formula is C13H14N2O4. The predicted octanol–water partition coefficient (Wildman–Crippen LogP) is 1.33. The molecule has 1 atom stereocenters. The SMILES string of the molecule is CC(O)COc1c(C(=O)O)cnn1-c1ccccc1. The molecule has 19 heavy (non-hydrogen) atoms. The van der Waals surface area contributed by atoms with Crippen molar-refractivity contribution in [1.29, 1.82) is 0 Å². The van der Waals surface area contributed by atoms with Crippen molar-refractivity contribution in [1.82, 2.24) is 9.78 Å². The minimum Gasteiger partial charge on any atom is -0.477 e. The zero-order chi connectivity index (χ0) is 13.8. The fourth-order valence-corrected chi connectivity index (χ4v) is 1.58. The third-order valence-electron chi connectivity index (χ3n) is 2.42. The lowest BCUT2D eigenvalue weighted by Crippen LogP contribution is -2.16. The number of para-hydroxylation sites is 1. The Labute approximate surface area is 109 Å². The number of carboxylic acid groups (broad SMARTS) is 1. The lowest BCUT2D eigenvalue weighted by Gasteiger charge is -2.11. The largest absolute Gasteiger partial charge is 0.477 e. The van der Waals surface area contributed by atoms with Gasteiger partial charge < -0.3 is 14.9 Å². The van der Waals surface area contributed by atoms with Gasteiger partial charge in [0.2, 0.25) is 5.88 Å². The summed E-state index contributed by atoms with van der Waals surface area (Å²) in [6, 6.07) is 9.05. The molecule has 2 N–H and O–H groups in total. The number of aromatic nitrogens is 2. The van der Waals surface area contributed by atoms with E-state index in [1.54, 1.807) is 19.1 Å². The van der Waals surface area contributed by atoms with E-state index in [0.717, 1.165) is 0 Å². The highest BCUT2D eigenvalue weighted by atomic mass is 16.5. The first-order chi connectivity index (χ1) is 9.09. The number of hydrogen-bond donors (Lipinski definition) is 2. The number of rotatable bonds is 5. The fraction of sp³-hybridized carbons (Fsp3) is 0.231. The van der Waals surface area contributed by atoms with Gasteiger partial charge in [-0.25, -0.2) is 9.48 Å². The van der Waals surface area contributed by atoms with Crippen molar-refractivity contribution in [3.8, 4) is 11.6 Å². The molecule has 1 unspecified atom stereocenters. The van der Waals surface area contributed by atoms with E-state index < -0.39 is 12.1 Å². The Hall–Kier alpha value is -2.34. The summed E-state index contributed by atoms with van der Waals surface area (Å²) >= 11 is 0. The molecule has 0 aliphatic carbocycles. The van der Waals surface area contributed by atoms with Crippen molar-refractivity contribution in [3.63, 3.8) is 0 Å². The summed E-state index contributed by atoms with van der Waals surface area (Å²) in [6.07, 6.45) is 0.535. The summed E-state index contributed by atoms with van der Waals surface area (Å²) in [6.45, 7) is 1.56. The molecule has 2 rings (SSSR count). The van der Waals surface area contributed by atoms with Crippen molar-refractivity contribution in [2.75, 3.05) is 6.61 Å². The molecule has 0 bridgehead atoms. The molecule has 6 heteroatoms. The highest BCUT2D eigenvalue weighted by Crippen LogP contribution is 2.22.